The van der Waals surface area contributed by atoms with Crippen molar-refractivity contribution in [2.24, 2.45) is 5.92 Å². The van der Waals surface area contributed by atoms with Crippen molar-refractivity contribution in [3.05, 3.63) is 48.3 Å². The number of aromatic nitrogens is 2. The lowest BCUT2D eigenvalue weighted by Crippen LogP contribution is -2.36. The minimum absolute atomic E-state index is 0.121. The van der Waals surface area contributed by atoms with Gasteiger partial charge in [0.1, 0.15) is 6.04 Å². The third kappa shape index (κ3) is 3.18. The van der Waals surface area contributed by atoms with E-state index in [9.17, 15) is 9.59 Å². The van der Waals surface area contributed by atoms with Crippen molar-refractivity contribution in [2.75, 3.05) is 6.54 Å². The van der Waals surface area contributed by atoms with Gasteiger partial charge in [0.05, 0.1) is 11.9 Å². The molecule has 1 fully saturated rings. The van der Waals surface area contributed by atoms with Crippen LogP contribution in [0.1, 0.15) is 25.8 Å². The van der Waals surface area contributed by atoms with Crippen molar-refractivity contribution in [3.63, 3.8) is 0 Å². The Morgan fingerprint density at radius 3 is 2.71 bits per heavy atom. The van der Waals surface area contributed by atoms with Gasteiger partial charge in [-0.3, -0.25) is 9.69 Å². The molecule has 1 aliphatic rings. The smallest absolute Gasteiger partial charge is 0.324 e. The molecule has 0 aliphatic carbocycles. The van der Waals surface area contributed by atoms with E-state index in [1.54, 1.807) is 10.9 Å². The zero-order valence-corrected chi connectivity index (χ0v) is 14.0. The second kappa shape index (κ2) is 6.86. The summed E-state index contributed by atoms with van der Waals surface area (Å²) in [4.78, 5) is 25.7. The van der Waals surface area contributed by atoms with E-state index < -0.39 is 6.04 Å². The number of nitrogens with zero attached hydrogens (tertiary/aromatic N) is 3. The van der Waals surface area contributed by atoms with Crippen LogP contribution in [0.3, 0.4) is 0 Å². The van der Waals surface area contributed by atoms with E-state index in [1.807, 2.05) is 50.4 Å². The number of hydrogen-bond acceptors (Lipinski definition) is 3. The molecule has 126 valence electrons. The van der Waals surface area contributed by atoms with Crippen LogP contribution in [-0.4, -0.2) is 39.2 Å². The number of nitrogens with one attached hydrogen (secondary N) is 1. The number of benzene rings is 1. The molecule has 1 saturated heterocycles. The van der Waals surface area contributed by atoms with Gasteiger partial charge in [-0.2, -0.15) is 5.10 Å². The molecule has 24 heavy (non-hydrogen) atoms. The van der Waals surface area contributed by atoms with Crippen LogP contribution in [0.15, 0.2) is 42.7 Å². The Labute approximate surface area is 141 Å². The molecule has 0 radical (unpaired) electrons. The van der Waals surface area contributed by atoms with Crippen molar-refractivity contribution in [1.82, 2.24) is 20.0 Å². The number of carbonyl (C=O) groups is 2. The summed E-state index contributed by atoms with van der Waals surface area (Å²) in [7, 11) is 0. The molecule has 6 nitrogen and oxygen atoms in total. The topological polar surface area (TPSA) is 67.2 Å². The van der Waals surface area contributed by atoms with E-state index in [-0.39, 0.29) is 17.9 Å². The fraction of sp³-hybridized carbons (Fsp3) is 0.389. The van der Waals surface area contributed by atoms with Gasteiger partial charge in [-0.1, -0.05) is 38.5 Å². The molecule has 2 heterocycles. The quantitative estimate of drug-likeness (QED) is 0.829. The van der Waals surface area contributed by atoms with Crippen molar-refractivity contribution in [1.29, 1.82) is 0 Å². The third-order valence-corrected chi connectivity index (χ3v) is 4.55. The number of imide groups is 1. The predicted octanol–water partition coefficient (Wildman–Crippen LogP) is 2.38. The summed E-state index contributed by atoms with van der Waals surface area (Å²) in [5.74, 6) is 0.0251. The highest BCUT2D eigenvalue weighted by molar-refractivity contribution is 6.04. The van der Waals surface area contributed by atoms with Gasteiger partial charge in [-0.25, -0.2) is 9.48 Å². The maximum Gasteiger partial charge on any atom is 0.324 e. The van der Waals surface area contributed by atoms with Gasteiger partial charge in [0.15, 0.2) is 0 Å². The third-order valence-electron chi connectivity index (χ3n) is 4.55. The molecule has 0 spiro atoms. The highest BCUT2D eigenvalue weighted by Gasteiger charge is 2.39. The molecule has 0 saturated carbocycles. The maximum absolute atomic E-state index is 12.4. The van der Waals surface area contributed by atoms with Gasteiger partial charge >= 0.3 is 6.03 Å². The van der Waals surface area contributed by atoms with Gasteiger partial charge in [0.2, 0.25) is 0 Å². The van der Waals surface area contributed by atoms with Crippen LogP contribution in [0.2, 0.25) is 0 Å². The minimum atomic E-state index is -0.394. The zero-order valence-electron chi connectivity index (χ0n) is 14.0. The molecule has 1 N–H and O–H groups in total. The lowest BCUT2D eigenvalue weighted by Gasteiger charge is -2.15. The van der Waals surface area contributed by atoms with E-state index >= 15 is 0 Å². The molecule has 2 aromatic rings. The van der Waals surface area contributed by atoms with Gasteiger partial charge in [-0.05, 0) is 30.0 Å². The van der Waals surface area contributed by atoms with Crippen LogP contribution in [-0.2, 0) is 11.2 Å². The Balaban J connectivity index is 1.63. The van der Waals surface area contributed by atoms with Crippen LogP contribution in [0.4, 0.5) is 4.79 Å². The molecule has 2 atom stereocenters. The highest BCUT2D eigenvalue weighted by atomic mass is 16.2. The lowest BCUT2D eigenvalue weighted by molar-refractivity contribution is -0.128. The van der Waals surface area contributed by atoms with Crippen molar-refractivity contribution < 1.29 is 9.59 Å². The lowest BCUT2D eigenvalue weighted by atomic mass is 9.99. The number of carbonyl (C=O) groups excluding carboxylic acids is 2. The largest absolute Gasteiger partial charge is 0.326 e. The number of amides is 3. The van der Waals surface area contributed by atoms with Gasteiger partial charge in [-0.15, -0.1) is 0 Å². The second-order valence-corrected chi connectivity index (χ2v) is 6.18. The van der Waals surface area contributed by atoms with Crippen molar-refractivity contribution in [2.45, 2.75) is 32.7 Å². The van der Waals surface area contributed by atoms with E-state index in [2.05, 4.69) is 10.4 Å². The van der Waals surface area contributed by atoms with E-state index in [1.165, 1.54) is 4.90 Å². The average molecular weight is 326 g/mol. The fourth-order valence-electron chi connectivity index (χ4n) is 2.83. The molecule has 1 aromatic carbocycles. The number of urea groups is 1. The molecular weight excluding hydrogens is 304 g/mol. The SMILES string of the molecule is CC[C@H](C)[C@@H]1NC(=O)N(CCc2cnn(-c3ccccc3)c2)C1=O. The molecule has 3 rings (SSSR count). The summed E-state index contributed by atoms with van der Waals surface area (Å²) in [6.45, 7) is 4.37. The molecule has 6 heteroatoms. The molecular formula is C18H22N4O2. The van der Waals surface area contributed by atoms with E-state index in [4.69, 9.17) is 0 Å². The fourth-order valence-corrected chi connectivity index (χ4v) is 2.83. The zero-order chi connectivity index (χ0) is 17.1. The number of hydrogen-bond donors (Lipinski definition) is 1. The van der Waals surface area contributed by atoms with Gasteiger partial charge in [0, 0.05) is 12.7 Å². The van der Waals surface area contributed by atoms with Crippen molar-refractivity contribution in [3.8, 4) is 5.69 Å². The van der Waals surface area contributed by atoms with Gasteiger partial charge in [0.25, 0.3) is 5.91 Å². The van der Waals surface area contributed by atoms with Crippen LogP contribution in [0.5, 0.6) is 0 Å². The summed E-state index contributed by atoms with van der Waals surface area (Å²) < 4.78 is 1.79. The molecule has 0 bridgehead atoms. The summed E-state index contributed by atoms with van der Waals surface area (Å²) in [6.07, 6.45) is 5.16. The molecule has 0 unspecified atom stereocenters. The predicted molar refractivity (Wildman–Crippen MR) is 90.8 cm³/mol. The first kappa shape index (κ1) is 16.2. The summed E-state index contributed by atoms with van der Waals surface area (Å²) in [5.41, 5.74) is 1.97. The maximum atomic E-state index is 12.4. The van der Waals surface area contributed by atoms with E-state index in [0.717, 1.165) is 17.7 Å². The molecule has 3 amide bonds. The van der Waals surface area contributed by atoms with Crippen LogP contribution >= 0.6 is 0 Å². The Hall–Kier alpha value is -2.63. The Morgan fingerprint density at radius 2 is 2.00 bits per heavy atom. The molecule has 1 aliphatic heterocycles. The Morgan fingerprint density at radius 1 is 1.25 bits per heavy atom. The van der Waals surface area contributed by atoms with Crippen LogP contribution in [0.25, 0.3) is 5.69 Å². The monoisotopic (exact) mass is 326 g/mol. The standard InChI is InChI=1S/C18H22N4O2/c1-3-13(2)16-17(23)21(18(24)20-16)10-9-14-11-19-22(12-14)15-7-5-4-6-8-15/h4-8,11-13,16H,3,9-10H2,1-2H3,(H,20,24)/t13-,16-/m0/s1. The second-order valence-electron chi connectivity index (χ2n) is 6.18. The van der Waals surface area contributed by atoms with Crippen molar-refractivity contribution >= 4 is 11.9 Å². The summed E-state index contributed by atoms with van der Waals surface area (Å²) in [6, 6.07) is 9.14. The van der Waals surface area contributed by atoms with Crippen LogP contribution < -0.4 is 5.32 Å². The minimum Gasteiger partial charge on any atom is -0.326 e. The number of rotatable bonds is 6. The Kier molecular flexibility index (Phi) is 4.64. The summed E-state index contributed by atoms with van der Waals surface area (Å²) in [5, 5.41) is 7.13. The summed E-state index contributed by atoms with van der Waals surface area (Å²) >= 11 is 0. The molecule has 1 aromatic heterocycles. The first-order chi connectivity index (χ1) is 11.6. The van der Waals surface area contributed by atoms with E-state index in [0.29, 0.717) is 13.0 Å². The van der Waals surface area contributed by atoms with Crippen LogP contribution in [0, 0.1) is 5.92 Å². The average Bonchev–Trinajstić information content (AvgIpc) is 3.18. The Bertz CT molecular complexity index is 726. The first-order valence-corrected chi connectivity index (χ1v) is 8.31. The highest BCUT2D eigenvalue weighted by Crippen LogP contribution is 2.17. The number of para-hydroxylation sites is 1. The normalized spacial score (nSPS) is 18.8. The van der Waals surface area contributed by atoms with Gasteiger partial charge < -0.3 is 5.32 Å². The first-order valence-electron chi connectivity index (χ1n) is 8.31.